The Kier molecular flexibility index (Phi) is 9.14. The minimum Gasteiger partial charge on any atom is -0.480 e. The molecule has 0 saturated heterocycles. The molecule has 14 heteroatoms. The molecule has 0 amide bonds. The van der Waals surface area contributed by atoms with Crippen molar-refractivity contribution in [3.63, 3.8) is 0 Å². The first kappa shape index (κ1) is 26.2. The van der Waals surface area contributed by atoms with E-state index in [1.165, 1.54) is 0 Å². The van der Waals surface area contributed by atoms with Crippen molar-refractivity contribution < 1.29 is 50.5 Å². The average molecular weight is 488 g/mol. The number of aliphatic carboxylic acids is 1. The molecule has 2 rings (SSSR count). The number of rotatable bonds is 11. The topological polar surface area (TPSA) is 114 Å². The van der Waals surface area contributed by atoms with Crippen LogP contribution in [0.1, 0.15) is 39.0 Å². The SMILES string of the molecule is C[C@H](NP(=O)(N[C@@H](C=O)COC1CCCCC1)Oc1c(F)c(F)c(F)c(F)c1F)C(=O)O. The van der Waals surface area contributed by atoms with Crippen LogP contribution in [-0.2, 0) is 18.9 Å². The molecule has 1 aromatic rings. The van der Waals surface area contributed by atoms with Gasteiger partial charge < -0.3 is 19.2 Å². The van der Waals surface area contributed by atoms with E-state index < -0.39 is 60.6 Å². The standard InChI is InChI=1S/C18H22F5N2O6P/c1-9(18(27)28)24-32(29,25-10(7-26)8-30-11-5-3-2-4-6-11)31-17-15(22)13(20)12(19)14(21)16(17)23/h7,9-11H,2-6,8H2,1H3,(H,27,28)(H2,24,25,29)/t9-,10-,32?/m0/s1. The summed E-state index contributed by atoms with van der Waals surface area (Å²) in [5.74, 6) is -15.5. The smallest absolute Gasteiger partial charge is 0.392 e. The predicted octanol–water partition coefficient (Wildman–Crippen LogP) is 3.44. The molecule has 1 saturated carbocycles. The van der Waals surface area contributed by atoms with Crippen LogP contribution in [-0.4, -0.2) is 42.2 Å². The van der Waals surface area contributed by atoms with Crippen LogP contribution in [0, 0.1) is 29.1 Å². The summed E-state index contributed by atoms with van der Waals surface area (Å²) in [4.78, 5) is 22.6. The molecule has 0 spiro atoms. The van der Waals surface area contributed by atoms with E-state index in [9.17, 15) is 36.1 Å². The molecule has 3 atom stereocenters. The van der Waals surface area contributed by atoms with Crippen molar-refractivity contribution in [3.8, 4) is 5.75 Å². The van der Waals surface area contributed by atoms with Gasteiger partial charge in [0.05, 0.1) is 18.8 Å². The third kappa shape index (κ3) is 6.47. The predicted molar refractivity (Wildman–Crippen MR) is 101 cm³/mol. The number of carboxylic acids is 1. The van der Waals surface area contributed by atoms with Gasteiger partial charge in [0.25, 0.3) is 0 Å². The van der Waals surface area contributed by atoms with Gasteiger partial charge in [-0.2, -0.15) is 8.78 Å². The highest BCUT2D eigenvalue weighted by Crippen LogP contribution is 2.43. The number of halogens is 5. The van der Waals surface area contributed by atoms with Crippen LogP contribution in [0.3, 0.4) is 0 Å². The third-order valence-electron chi connectivity index (χ3n) is 4.69. The zero-order valence-corrected chi connectivity index (χ0v) is 17.8. The molecule has 0 aromatic heterocycles. The summed E-state index contributed by atoms with van der Waals surface area (Å²) in [6.45, 7) is 0.620. The van der Waals surface area contributed by atoms with Crippen LogP contribution in [0.25, 0.3) is 0 Å². The summed E-state index contributed by atoms with van der Waals surface area (Å²) in [5, 5.41) is 13.0. The van der Waals surface area contributed by atoms with Crippen molar-refractivity contribution in [3.05, 3.63) is 29.1 Å². The maximum Gasteiger partial charge on any atom is 0.392 e. The molecule has 0 radical (unpaired) electrons. The molecule has 1 fully saturated rings. The normalized spacial score (nSPS) is 18.6. The van der Waals surface area contributed by atoms with Crippen LogP contribution in [0.15, 0.2) is 0 Å². The Hall–Kier alpha value is -2.08. The molecular weight excluding hydrogens is 466 g/mol. The van der Waals surface area contributed by atoms with Crippen molar-refractivity contribution in [1.29, 1.82) is 0 Å². The lowest BCUT2D eigenvalue weighted by molar-refractivity contribution is -0.138. The Labute approximate surface area is 180 Å². The minimum atomic E-state index is -4.93. The van der Waals surface area contributed by atoms with E-state index in [2.05, 4.69) is 9.61 Å². The second kappa shape index (κ2) is 11.2. The van der Waals surface area contributed by atoms with Crippen molar-refractivity contribution in [1.82, 2.24) is 10.2 Å². The molecule has 8 nitrogen and oxygen atoms in total. The average Bonchev–Trinajstić information content (AvgIpc) is 2.77. The minimum absolute atomic E-state index is 0.186. The number of hydrogen-bond donors (Lipinski definition) is 3. The first-order valence-electron chi connectivity index (χ1n) is 9.65. The summed E-state index contributed by atoms with van der Waals surface area (Å²) in [7, 11) is -4.93. The Morgan fingerprint density at radius 2 is 1.59 bits per heavy atom. The monoisotopic (exact) mass is 488 g/mol. The van der Waals surface area contributed by atoms with Gasteiger partial charge in [-0.15, -0.1) is 0 Å². The summed E-state index contributed by atoms with van der Waals surface area (Å²) in [5.41, 5.74) is 0. The van der Waals surface area contributed by atoms with E-state index in [-0.39, 0.29) is 19.0 Å². The number of carbonyl (C=O) groups is 2. The van der Waals surface area contributed by atoms with Crippen LogP contribution < -0.4 is 14.7 Å². The van der Waals surface area contributed by atoms with Crippen LogP contribution in [0.2, 0.25) is 0 Å². The van der Waals surface area contributed by atoms with Crippen molar-refractivity contribution in [2.24, 2.45) is 0 Å². The van der Waals surface area contributed by atoms with E-state index in [1.807, 2.05) is 5.09 Å². The number of carbonyl (C=O) groups excluding carboxylic acids is 1. The third-order valence-corrected chi connectivity index (χ3v) is 6.53. The lowest BCUT2D eigenvalue weighted by Gasteiger charge is -2.27. The fourth-order valence-corrected chi connectivity index (χ4v) is 4.78. The van der Waals surface area contributed by atoms with E-state index in [0.29, 0.717) is 0 Å². The number of hydrogen-bond acceptors (Lipinski definition) is 5. The second-order valence-corrected chi connectivity index (χ2v) is 9.00. The number of aldehydes is 1. The fraction of sp³-hybridized carbons (Fsp3) is 0.556. The van der Waals surface area contributed by atoms with Crippen molar-refractivity contribution in [2.45, 2.75) is 57.2 Å². The summed E-state index contributed by atoms with van der Waals surface area (Å²) >= 11 is 0. The van der Waals surface area contributed by atoms with Gasteiger partial charge in [-0.1, -0.05) is 19.3 Å². The molecular formula is C18H22F5N2O6P. The van der Waals surface area contributed by atoms with Gasteiger partial charge in [0.15, 0.2) is 0 Å². The van der Waals surface area contributed by atoms with Gasteiger partial charge in [0.1, 0.15) is 12.3 Å². The molecule has 3 N–H and O–H groups in total. The first-order valence-corrected chi connectivity index (χ1v) is 11.3. The van der Waals surface area contributed by atoms with Gasteiger partial charge in [-0.25, -0.2) is 27.9 Å². The number of benzene rings is 1. The molecule has 0 aliphatic heterocycles. The lowest BCUT2D eigenvalue weighted by Crippen LogP contribution is -2.43. The zero-order valence-electron chi connectivity index (χ0n) is 16.9. The van der Waals surface area contributed by atoms with Crippen LogP contribution >= 0.6 is 7.67 Å². The molecule has 1 aliphatic rings. The van der Waals surface area contributed by atoms with E-state index in [0.717, 1.165) is 39.0 Å². The molecule has 1 aromatic carbocycles. The Balaban J connectivity index is 2.29. The van der Waals surface area contributed by atoms with E-state index in [1.54, 1.807) is 0 Å². The van der Waals surface area contributed by atoms with E-state index in [4.69, 9.17) is 9.84 Å². The Morgan fingerprint density at radius 1 is 1.06 bits per heavy atom. The molecule has 180 valence electrons. The highest BCUT2D eigenvalue weighted by atomic mass is 31.2. The second-order valence-electron chi connectivity index (χ2n) is 7.20. The molecule has 32 heavy (non-hydrogen) atoms. The zero-order chi connectivity index (χ0) is 24.1. The Morgan fingerprint density at radius 3 is 2.09 bits per heavy atom. The molecule has 1 aliphatic carbocycles. The Bertz CT molecular complexity index is 870. The molecule has 0 heterocycles. The van der Waals surface area contributed by atoms with Gasteiger partial charge in [-0.3, -0.25) is 4.79 Å². The number of ether oxygens (including phenoxy) is 1. The number of carboxylic acid groups (broad SMARTS) is 1. The summed E-state index contributed by atoms with van der Waals surface area (Å²) < 4.78 is 91.5. The van der Waals surface area contributed by atoms with Crippen LogP contribution in [0.5, 0.6) is 5.75 Å². The highest BCUT2D eigenvalue weighted by Gasteiger charge is 2.37. The fourth-order valence-electron chi connectivity index (χ4n) is 2.99. The summed E-state index contributed by atoms with van der Waals surface area (Å²) in [6.07, 6.45) is 4.32. The molecule has 1 unspecified atom stereocenters. The summed E-state index contributed by atoms with van der Waals surface area (Å²) in [6, 6.07) is -3.08. The van der Waals surface area contributed by atoms with Gasteiger partial charge in [0.2, 0.25) is 34.8 Å². The lowest BCUT2D eigenvalue weighted by atomic mass is 9.98. The quantitative estimate of drug-likeness (QED) is 0.143. The van der Waals surface area contributed by atoms with Gasteiger partial charge >= 0.3 is 13.6 Å². The van der Waals surface area contributed by atoms with Crippen LogP contribution in [0.4, 0.5) is 22.0 Å². The highest BCUT2D eigenvalue weighted by molar-refractivity contribution is 7.55. The maximum atomic E-state index is 14.0. The maximum absolute atomic E-state index is 14.0. The molecule has 0 bridgehead atoms. The van der Waals surface area contributed by atoms with Crippen molar-refractivity contribution >= 4 is 19.9 Å². The van der Waals surface area contributed by atoms with Gasteiger partial charge in [-0.05, 0) is 19.8 Å². The largest absolute Gasteiger partial charge is 0.480 e. The van der Waals surface area contributed by atoms with Gasteiger partial charge in [0, 0.05) is 0 Å². The van der Waals surface area contributed by atoms with Crippen molar-refractivity contribution in [2.75, 3.05) is 6.61 Å². The van der Waals surface area contributed by atoms with E-state index >= 15 is 0 Å². The number of nitrogens with one attached hydrogen (secondary N) is 2. The first-order chi connectivity index (χ1) is 15.0.